The van der Waals surface area contributed by atoms with Crippen molar-refractivity contribution in [3.8, 4) is 0 Å². The van der Waals surface area contributed by atoms with E-state index in [4.69, 9.17) is 4.74 Å². The molecule has 3 rings (SSSR count). The summed E-state index contributed by atoms with van der Waals surface area (Å²) >= 11 is 0. The van der Waals surface area contributed by atoms with E-state index in [1.807, 2.05) is 13.8 Å². The Balaban J connectivity index is 0.00000300. The fourth-order valence-corrected chi connectivity index (χ4v) is 5.29. The van der Waals surface area contributed by atoms with Crippen LogP contribution in [0, 0.1) is 18.8 Å². The van der Waals surface area contributed by atoms with E-state index in [1.54, 1.807) is 18.2 Å². The van der Waals surface area contributed by atoms with Crippen molar-refractivity contribution in [3.05, 3.63) is 23.8 Å². The summed E-state index contributed by atoms with van der Waals surface area (Å²) < 4.78 is 33.7. The topological polar surface area (TPSA) is 96.5 Å². The van der Waals surface area contributed by atoms with Crippen molar-refractivity contribution in [2.45, 2.75) is 50.5 Å². The Kier molecular flexibility index (Phi) is 8.91. The lowest BCUT2D eigenvalue weighted by atomic mass is 9.92. The minimum Gasteiger partial charge on any atom is -0.381 e. The van der Waals surface area contributed by atoms with Gasteiger partial charge in [-0.15, -0.1) is 12.4 Å². The summed E-state index contributed by atoms with van der Waals surface area (Å²) in [4.78, 5) is 12.7. The van der Waals surface area contributed by atoms with Gasteiger partial charge in [0.15, 0.2) is 0 Å². The van der Waals surface area contributed by atoms with Gasteiger partial charge in [0.25, 0.3) is 0 Å². The highest BCUT2D eigenvalue weighted by Gasteiger charge is 2.26. The number of sulfonamides is 1. The molecule has 1 amide bonds. The molecule has 1 aromatic carbocycles. The van der Waals surface area contributed by atoms with E-state index in [9.17, 15) is 13.2 Å². The maximum atomic E-state index is 12.8. The summed E-state index contributed by atoms with van der Waals surface area (Å²) in [5.41, 5.74) is 1.39. The standard InChI is InChI=1S/C20H31N3O4S.ClH/c1-14-13-18(28(25,26)23-15(2)16-5-9-21-10-6-16)3-4-19(14)22-20(24)17-7-11-27-12-8-17;/h3-4,13,15-17,21,23H,5-12H2,1-2H3,(H,22,24);1H/t15-;/m1./s1. The highest BCUT2D eigenvalue weighted by molar-refractivity contribution is 7.89. The van der Waals surface area contributed by atoms with Crippen molar-refractivity contribution in [3.63, 3.8) is 0 Å². The van der Waals surface area contributed by atoms with Gasteiger partial charge < -0.3 is 15.4 Å². The first-order valence-electron chi connectivity index (χ1n) is 10.1. The smallest absolute Gasteiger partial charge is 0.240 e. The number of amides is 1. The molecule has 2 aliphatic heterocycles. The average molecular weight is 446 g/mol. The van der Waals surface area contributed by atoms with Crippen molar-refractivity contribution < 1.29 is 17.9 Å². The van der Waals surface area contributed by atoms with Gasteiger partial charge >= 0.3 is 0 Å². The molecule has 2 fully saturated rings. The van der Waals surface area contributed by atoms with Crippen LogP contribution in [0.3, 0.4) is 0 Å². The third-order valence-electron chi connectivity index (χ3n) is 5.79. The minimum atomic E-state index is -3.60. The molecule has 0 unspecified atom stereocenters. The molecule has 0 aliphatic carbocycles. The Morgan fingerprint density at radius 3 is 2.45 bits per heavy atom. The third kappa shape index (κ3) is 6.39. The predicted octanol–water partition coefficient (Wildman–Crippen LogP) is 2.45. The van der Waals surface area contributed by atoms with Gasteiger partial charge in [-0.05, 0) is 82.3 Å². The van der Waals surface area contributed by atoms with Crippen LogP contribution in [0.4, 0.5) is 5.69 Å². The van der Waals surface area contributed by atoms with E-state index in [2.05, 4.69) is 15.4 Å². The van der Waals surface area contributed by atoms with E-state index in [0.717, 1.165) is 44.3 Å². The number of benzene rings is 1. The van der Waals surface area contributed by atoms with Crippen LogP contribution in [0.15, 0.2) is 23.1 Å². The van der Waals surface area contributed by atoms with Crippen molar-refractivity contribution in [2.75, 3.05) is 31.6 Å². The van der Waals surface area contributed by atoms with Crippen molar-refractivity contribution in [1.82, 2.24) is 10.0 Å². The molecule has 0 aromatic heterocycles. The zero-order valence-electron chi connectivity index (χ0n) is 17.1. The molecule has 2 aliphatic rings. The zero-order valence-corrected chi connectivity index (χ0v) is 18.7. The summed E-state index contributed by atoms with van der Waals surface area (Å²) in [7, 11) is -3.60. The first-order valence-corrected chi connectivity index (χ1v) is 11.6. The molecule has 9 heteroatoms. The second kappa shape index (κ2) is 10.7. The second-order valence-electron chi connectivity index (χ2n) is 7.85. The fraction of sp³-hybridized carbons (Fsp3) is 0.650. The monoisotopic (exact) mass is 445 g/mol. The van der Waals surface area contributed by atoms with Crippen LogP contribution in [0.25, 0.3) is 0 Å². The Hall–Kier alpha value is -1.19. The SMILES string of the molecule is Cc1cc(S(=O)(=O)N[C@H](C)C2CCNCC2)ccc1NC(=O)C1CCOCC1.Cl. The lowest BCUT2D eigenvalue weighted by molar-refractivity contribution is -0.122. The largest absolute Gasteiger partial charge is 0.381 e. The Labute approximate surface area is 179 Å². The molecular weight excluding hydrogens is 414 g/mol. The number of nitrogens with one attached hydrogen (secondary N) is 3. The normalized spacial score (nSPS) is 19.9. The van der Waals surface area contributed by atoms with Gasteiger partial charge in [0.1, 0.15) is 0 Å². The molecule has 7 nitrogen and oxygen atoms in total. The first-order chi connectivity index (χ1) is 13.4. The molecular formula is C20H32ClN3O4S. The molecule has 0 bridgehead atoms. The van der Waals surface area contributed by atoms with E-state index < -0.39 is 10.0 Å². The van der Waals surface area contributed by atoms with Crippen molar-refractivity contribution >= 4 is 34.0 Å². The number of halogens is 1. The number of piperidine rings is 1. The van der Waals surface area contributed by atoms with Crippen molar-refractivity contribution in [2.24, 2.45) is 11.8 Å². The number of carbonyl (C=O) groups excluding carboxylic acids is 1. The highest BCUT2D eigenvalue weighted by atomic mass is 35.5. The summed E-state index contributed by atoms with van der Waals surface area (Å²) in [5, 5.41) is 6.23. The number of anilines is 1. The summed E-state index contributed by atoms with van der Waals surface area (Å²) in [6, 6.07) is 4.75. The fourth-order valence-electron chi connectivity index (χ4n) is 3.89. The average Bonchev–Trinajstić information content (AvgIpc) is 2.70. The van der Waals surface area contributed by atoms with Gasteiger partial charge in [0.05, 0.1) is 4.90 Å². The second-order valence-corrected chi connectivity index (χ2v) is 9.56. The number of hydrogen-bond donors (Lipinski definition) is 3. The van der Waals surface area contributed by atoms with Crippen LogP contribution in [-0.2, 0) is 19.6 Å². The molecule has 0 saturated carbocycles. The Morgan fingerprint density at radius 1 is 1.17 bits per heavy atom. The number of carbonyl (C=O) groups is 1. The van der Waals surface area contributed by atoms with Gasteiger partial charge in [0.2, 0.25) is 15.9 Å². The van der Waals surface area contributed by atoms with E-state index in [1.165, 1.54) is 0 Å². The Morgan fingerprint density at radius 2 is 1.83 bits per heavy atom. The van der Waals surface area contributed by atoms with Crippen LogP contribution >= 0.6 is 12.4 Å². The van der Waals surface area contributed by atoms with Crippen LogP contribution in [-0.4, -0.2) is 46.7 Å². The molecule has 29 heavy (non-hydrogen) atoms. The van der Waals surface area contributed by atoms with Gasteiger partial charge in [-0.3, -0.25) is 4.79 Å². The summed E-state index contributed by atoms with van der Waals surface area (Å²) in [6.07, 6.45) is 3.38. The first kappa shape index (κ1) is 24.1. The molecule has 0 radical (unpaired) electrons. The molecule has 1 atom stereocenters. The third-order valence-corrected chi connectivity index (χ3v) is 7.35. The van der Waals surface area contributed by atoms with E-state index >= 15 is 0 Å². The minimum absolute atomic E-state index is 0. The van der Waals surface area contributed by atoms with E-state index in [-0.39, 0.29) is 35.2 Å². The molecule has 3 N–H and O–H groups in total. The van der Waals surface area contributed by atoms with Gasteiger partial charge in [-0.1, -0.05) is 0 Å². The number of ether oxygens (including phenoxy) is 1. The maximum Gasteiger partial charge on any atom is 0.240 e. The molecule has 2 heterocycles. The van der Waals surface area contributed by atoms with Gasteiger partial charge in [-0.25, -0.2) is 13.1 Å². The van der Waals surface area contributed by atoms with Gasteiger partial charge in [-0.2, -0.15) is 0 Å². The van der Waals surface area contributed by atoms with E-state index in [0.29, 0.717) is 24.8 Å². The lowest BCUT2D eigenvalue weighted by Gasteiger charge is -2.28. The summed E-state index contributed by atoms with van der Waals surface area (Å²) in [6.45, 7) is 6.82. The summed E-state index contributed by atoms with van der Waals surface area (Å²) in [5.74, 6) is 0.263. The van der Waals surface area contributed by atoms with Crippen molar-refractivity contribution in [1.29, 1.82) is 0 Å². The number of aryl methyl sites for hydroxylation is 1. The zero-order chi connectivity index (χ0) is 20.1. The molecule has 1 aromatic rings. The molecule has 2 saturated heterocycles. The molecule has 164 valence electrons. The van der Waals surface area contributed by atoms with Crippen LogP contribution in [0.5, 0.6) is 0 Å². The lowest BCUT2D eigenvalue weighted by Crippen LogP contribution is -2.42. The quantitative estimate of drug-likeness (QED) is 0.625. The van der Waals surface area contributed by atoms with Crippen LogP contribution in [0.1, 0.15) is 38.2 Å². The maximum absolute atomic E-state index is 12.8. The Bertz CT molecular complexity index is 791. The highest BCUT2D eigenvalue weighted by Crippen LogP contribution is 2.24. The van der Waals surface area contributed by atoms with Gasteiger partial charge in [0, 0.05) is 30.9 Å². The number of hydrogen-bond acceptors (Lipinski definition) is 5. The van der Waals surface area contributed by atoms with Crippen LogP contribution < -0.4 is 15.4 Å². The number of rotatable bonds is 6. The predicted molar refractivity (Wildman–Crippen MR) is 116 cm³/mol. The van der Waals surface area contributed by atoms with Crippen LogP contribution in [0.2, 0.25) is 0 Å². The molecule has 0 spiro atoms.